The summed E-state index contributed by atoms with van der Waals surface area (Å²) in [4.78, 5) is 11.6. The van der Waals surface area contributed by atoms with Gasteiger partial charge in [0.05, 0.1) is 133 Å². The lowest BCUT2D eigenvalue weighted by molar-refractivity contribution is 0.0966. The Balaban J connectivity index is 0.767. The van der Waals surface area contributed by atoms with Crippen LogP contribution in [-0.2, 0) is 137 Å². The Morgan fingerprint density at radius 2 is 0.506 bits per heavy atom. The van der Waals surface area contributed by atoms with E-state index in [2.05, 4.69) is 144 Å². The zero-order chi connectivity index (χ0) is 63.1. The van der Waals surface area contributed by atoms with Crippen molar-refractivity contribution in [1.82, 2.24) is 0 Å². The predicted octanol–water partition coefficient (Wildman–Crippen LogP) is 16.1. The molecule has 0 radical (unpaired) electrons. The molecule has 89 heavy (non-hydrogen) atoms. The van der Waals surface area contributed by atoms with Crippen molar-refractivity contribution in [3.8, 4) is 23.0 Å². The van der Waals surface area contributed by atoms with E-state index < -0.39 is 8.32 Å². The normalized spacial score (nSPS) is 11.5. The molecule has 0 saturated carbocycles. The molecule has 0 spiro atoms. The lowest BCUT2D eigenvalue weighted by Gasteiger charge is -2.18. The highest BCUT2D eigenvalue weighted by atomic mass is 28.4. The fourth-order valence-corrected chi connectivity index (χ4v) is 11.6. The summed E-state index contributed by atoms with van der Waals surface area (Å²) in [7, 11) is 5.04. The van der Waals surface area contributed by atoms with Crippen LogP contribution in [0.3, 0.4) is 0 Å². The number of carbonyl (C=O) groups excluding carboxylic acids is 1. The molecule has 8 rings (SSSR count). The molecule has 0 bridgehead atoms. The van der Waals surface area contributed by atoms with Gasteiger partial charge in [0, 0.05) is 38.9 Å². The second-order valence-corrected chi connectivity index (χ2v) is 28.2. The van der Waals surface area contributed by atoms with Gasteiger partial charge in [0.2, 0.25) is 0 Å². The third kappa shape index (κ3) is 20.8. The van der Waals surface area contributed by atoms with Crippen LogP contribution in [0.5, 0.6) is 23.0 Å². The van der Waals surface area contributed by atoms with Crippen molar-refractivity contribution in [2.75, 3.05) is 28.4 Å². The molecule has 470 valence electrons. The van der Waals surface area contributed by atoms with E-state index in [9.17, 15) is 4.79 Å². The molecule has 0 atom stereocenters. The van der Waals surface area contributed by atoms with E-state index in [1.807, 2.05) is 49.4 Å². The highest BCUT2D eigenvalue weighted by Gasteiger charge is 2.18. The molecule has 0 aromatic heterocycles. The lowest BCUT2D eigenvalue weighted by atomic mass is 10.1. The quantitative estimate of drug-likeness (QED) is 0.0273. The van der Waals surface area contributed by atoms with Crippen LogP contribution in [0.4, 0.5) is 0 Å². The van der Waals surface area contributed by atoms with Gasteiger partial charge in [-0.05, 0) is 103 Å². The predicted molar refractivity (Wildman–Crippen MR) is 350 cm³/mol. The molecular formula is C75H88O13Si. The van der Waals surface area contributed by atoms with E-state index in [0.29, 0.717) is 110 Å². The number of hydrogen-bond acceptors (Lipinski definition) is 13. The molecule has 0 aliphatic carbocycles. The van der Waals surface area contributed by atoms with Gasteiger partial charge in [-0.15, -0.1) is 0 Å². The number of ether oxygens (including phenoxy) is 11. The van der Waals surface area contributed by atoms with E-state index in [-0.39, 0.29) is 0 Å². The number of hydrogen-bond donors (Lipinski definition) is 0. The molecule has 0 fully saturated rings. The van der Waals surface area contributed by atoms with Gasteiger partial charge in [-0.1, -0.05) is 156 Å². The molecule has 8 aromatic rings. The van der Waals surface area contributed by atoms with Gasteiger partial charge in [0.25, 0.3) is 0 Å². The van der Waals surface area contributed by atoms with Crippen LogP contribution in [0.2, 0.25) is 19.6 Å². The summed E-state index contributed by atoms with van der Waals surface area (Å²) in [6, 6.07) is 49.6. The van der Waals surface area contributed by atoms with Gasteiger partial charge in [-0.3, -0.25) is 4.79 Å². The van der Waals surface area contributed by atoms with Gasteiger partial charge >= 0.3 is 0 Å². The minimum Gasteiger partial charge on any atom is -0.496 e. The Kier molecular flexibility index (Phi) is 25.7. The average molecular weight is 1230 g/mol. The number of carbonyl (C=O) groups is 1. The minimum atomic E-state index is -1.61. The standard InChI is InChI=1S/C75H88O13Si/c1-52-24-64(36-76)72(77-5)65(25-52)45-81-37-56-16-12-17-57(32-56)38-82-46-66-26-53(2)27-67(73(66)78-6)47-83-39-58-18-13-19-59(33-58)40-84-48-68-28-54(3)29-69(74(68)79-7)49-85-41-60-20-14-21-61(34-60)42-86-50-70-30-55(4)31-71(75(70)80-8)51-87-43-62-22-15-23-63(35-62)44-88-89(9,10)11/h12-36H,37-51H2,1-11H3. The van der Waals surface area contributed by atoms with Crippen molar-refractivity contribution in [3.05, 3.63) is 257 Å². The molecule has 0 heterocycles. The molecule has 8 aromatic carbocycles. The highest BCUT2D eigenvalue weighted by Crippen LogP contribution is 2.32. The van der Waals surface area contributed by atoms with Crippen LogP contribution in [0.25, 0.3) is 0 Å². The van der Waals surface area contributed by atoms with Crippen molar-refractivity contribution in [1.29, 1.82) is 0 Å². The molecule has 0 amide bonds. The summed E-state index contributed by atoms with van der Waals surface area (Å²) < 4.78 is 73.4. The van der Waals surface area contributed by atoms with E-state index >= 15 is 0 Å². The molecule has 14 heteroatoms. The van der Waals surface area contributed by atoms with Crippen molar-refractivity contribution >= 4 is 14.6 Å². The first kappa shape index (κ1) is 67.5. The van der Waals surface area contributed by atoms with E-state index in [0.717, 1.165) is 129 Å². The van der Waals surface area contributed by atoms with Crippen molar-refractivity contribution in [2.24, 2.45) is 0 Å². The van der Waals surface area contributed by atoms with E-state index in [1.165, 1.54) is 0 Å². The number of aldehydes is 1. The van der Waals surface area contributed by atoms with E-state index in [4.69, 9.17) is 56.5 Å². The summed E-state index contributed by atoms with van der Waals surface area (Å²) in [5.41, 5.74) is 19.9. The van der Waals surface area contributed by atoms with Gasteiger partial charge in [0.1, 0.15) is 23.0 Å². The van der Waals surface area contributed by atoms with Gasteiger partial charge in [-0.2, -0.15) is 0 Å². The molecule has 0 unspecified atom stereocenters. The van der Waals surface area contributed by atoms with Crippen LogP contribution >= 0.6 is 0 Å². The van der Waals surface area contributed by atoms with Crippen LogP contribution in [0, 0.1) is 27.7 Å². The van der Waals surface area contributed by atoms with Crippen LogP contribution in [0.1, 0.15) is 116 Å². The zero-order valence-electron chi connectivity index (χ0n) is 53.8. The lowest BCUT2D eigenvalue weighted by Crippen LogP contribution is -2.24. The molecule has 0 saturated heterocycles. The first-order valence-electron chi connectivity index (χ1n) is 30.2. The number of rotatable bonds is 36. The van der Waals surface area contributed by atoms with Crippen LogP contribution < -0.4 is 18.9 Å². The summed E-state index contributed by atoms with van der Waals surface area (Å²) in [5.74, 6) is 2.85. The van der Waals surface area contributed by atoms with Gasteiger partial charge in [-0.25, -0.2) is 0 Å². The molecule has 13 nitrogen and oxygen atoms in total. The van der Waals surface area contributed by atoms with Crippen molar-refractivity contribution in [2.45, 2.75) is 146 Å². The maximum Gasteiger partial charge on any atom is 0.184 e. The first-order valence-corrected chi connectivity index (χ1v) is 33.6. The second-order valence-electron chi connectivity index (χ2n) is 23.6. The fourth-order valence-electron chi connectivity index (χ4n) is 11.0. The monoisotopic (exact) mass is 1220 g/mol. The molecule has 0 aliphatic rings. The van der Waals surface area contributed by atoms with Crippen LogP contribution in [0.15, 0.2) is 146 Å². The Morgan fingerprint density at radius 1 is 0.292 bits per heavy atom. The largest absolute Gasteiger partial charge is 0.496 e. The third-order valence-corrected chi connectivity index (χ3v) is 15.8. The Labute approximate surface area is 528 Å². The number of benzene rings is 8. The van der Waals surface area contributed by atoms with E-state index in [1.54, 1.807) is 28.4 Å². The summed E-state index contributed by atoms with van der Waals surface area (Å²) in [5, 5.41) is 0. The maximum atomic E-state index is 11.6. The first-order chi connectivity index (χ1) is 43.1. The fraction of sp³-hybridized carbons (Fsp3) is 0.347. The van der Waals surface area contributed by atoms with Crippen molar-refractivity contribution < 1.29 is 61.3 Å². The summed E-state index contributed by atoms with van der Waals surface area (Å²) >= 11 is 0. The van der Waals surface area contributed by atoms with Gasteiger partial charge in [0.15, 0.2) is 14.6 Å². The zero-order valence-corrected chi connectivity index (χ0v) is 54.8. The SMILES string of the molecule is COc1c(C=O)cc(C)cc1COCc1cccc(COCc2cc(C)cc(COCc3cccc(COCc4cc(C)cc(COCc5cccc(COCc6cc(C)cc(COCc7cccc(CO[Si](C)(C)C)c7)c6OC)c5)c4OC)c3)c2OC)c1. The Bertz CT molecular complexity index is 3590. The number of aryl methyl sites for hydroxylation is 4. The highest BCUT2D eigenvalue weighted by molar-refractivity contribution is 6.69. The Hall–Kier alpha value is -7.47. The number of methoxy groups -OCH3 is 4. The Morgan fingerprint density at radius 3 is 0.719 bits per heavy atom. The average Bonchev–Trinajstić information content (AvgIpc) is 3.25. The molecular weight excluding hydrogens is 1140 g/mol. The maximum absolute atomic E-state index is 11.6. The van der Waals surface area contributed by atoms with Crippen LogP contribution in [-0.4, -0.2) is 43.0 Å². The topological polar surface area (TPSA) is 128 Å². The minimum absolute atomic E-state index is 0.317. The molecule has 0 aliphatic heterocycles. The summed E-state index contributed by atoms with van der Waals surface area (Å²) in [6.45, 7) is 21.0. The third-order valence-electron chi connectivity index (χ3n) is 14.8. The summed E-state index contributed by atoms with van der Waals surface area (Å²) in [6.07, 6.45) is 0.811. The second kappa shape index (κ2) is 33.9. The van der Waals surface area contributed by atoms with Crippen molar-refractivity contribution in [3.63, 3.8) is 0 Å². The van der Waals surface area contributed by atoms with Gasteiger partial charge < -0.3 is 56.5 Å². The molecule has 0 N–H and O–H groups in total. The smallest absolute Gasteiger partial charge is 0.184 e.